The fourth-order valence-electron chi connectivity index (χ4n) is 4.61. The Hall–Kier alpha value is -4.52. The fraction of sp³-hybridized carbons (Fsp3) is 0.265. The minimum atomic E-state index is -1.05. The minimum absolute atomic E-state index is 0.0978. The molecular formula is C34H35FO6. The van der Waals surface area contributed by atoms with Crippen LogP contribution in [0.1, 0.15) is 54.6 Å². The van der Waals surface area contributed by atoms with E-state index in [0.29, 0.717) is 54.4 Å². The summed E-state index contributed by atoms with van der Waals surface area (Å²) in [5.74, 6) is 0.911. The van der Waals surface area contributed by atoms with Gasteiger partial charge in [0.25, 0.3) is 0 Å². The molecule has 6 nitrogen and oxygen atoms in total. The molecule has 0 aliphatic carbocycles. The smallest absolute Gasteiger partial charge is 0.339 e. The van der Waals surface area contributed by atoms with E-state index >= 15 is 0 Å². The van der Waals surface area contributed by atoms with E-state index in [9.17, 15) is 19.4 Å². The van der Waals surface area contributed by atoms with Crippen LogP contribution in [0.4, 0.5) is 4.39 Å². The topological polar surface area (TPSA) is 85.2 Å². The second kappa shape index (κ2) is 14.2. The molecule has 0 amide bonds. The highest BCUT2D eigenvalue weighted by atomic mass is 19.1. The zero-order valence-corrected chi connectivity index (χ0v) is 23.4. The third-order valence-corrected chi connectivity index (χ3v) is 6.76. The van der Waals surface area contributed by atoms with Gasteiger partial charge in [0.1, 0.15) is 40.1 Å². The maximum Gasteiger partial charge on any atom is 0.339 e. The Kier molecular flexibility index (Phi) is 10.2. The zero-order chi connectivity index (χ0) is 29.2. The molecule has 0 aliphatic rings. The first-order valence-corrected chi connectivity index (χ1v) is 13.9. The summed E-state index contributed by atoms with van der Waals surface area (Å²) >= 11 is 0. The Morgan fingerprint density at radius 3 is 2.10 bits per heavy atom. The first-order chi connectivity index (χ1) is 19.9. The predicted molar refractivity (Wildman–Crippen MR) is 157 cm³/mol. The number of carboxylic acid groups (broad SMARTS) is 1. The van der Waals surface area contributed by atoms with Gasteiger partial charge in [-0.3, -0.25) is 0 Å². The van der Waals surface area contributed by atoms with Crippen LogP contribution in [0.3, 0.4) is 0 Å². The van der Waals surface area contributed by atoms with Crippen molar-refractivity contribution >= 4 is 5.97 Å². The van der Waals surface area contributed by atoms with Gasteiger partial charge in [-0.25, -0.2) is 9.18 Å². The van der Waals surface area contributed by atoms with Gasteiger partial charge in [0.05, 0.1) is 13.2 Å². The lowest BCUT2D eigenvalue weighted by atomic mass is 9.99. The Morgan fingerprint density at radius 1 is 0.756 bits per heavy atom. The van der Waals surface area contributed by atoms with Gasteiger partial charge in [-0.05, 0) is 73.4 Å². The quantitative estimate of drug-likeness (QED) is 0.151. The lowest BCUT2D eigenvalue weighted by Crippen LogP contribution is -2.08. The first kappa shape index (κ1) is 29.5. The van der Waals surface area contributed by atoms with E-state index in [1.807, 2.05) is 31.2 Å². The molecule has 0 atom stereocenters. The van der Waals surface area contributed by atoms with Gasteiger partial charge >= 0.3 is 5.97 Å². The molecule has 41 heavy (non-hydrogen) atoms. The molecule has 0 aromatic heterocycles. The molecule has 0 bridgehead atoms. The molecule has 0 spiro atoms. The van der Waals surface area contributed by atoms with E-state index in [-0.39, 0.29) is 22.9 Å². The highest BCUT2D eigenvalue weighted by Crippen LogP contribution is 2.38. The number of para-hydroxylation sites is 1. The second-order valence-corrected chi connectivity index (χ2v) is 9.59. The summed E-state index contributed by atoms with van der Waals surface area (Å²) in [6.45, 7) is 4.83. The summed E-state index contributed by atoms with van der Waals surface area (Å²) < 4.78 is 31.6. The van der Waals surface area contributed by atoms with Crippen LogP contribution in [0.25, 0.3) is 11.1 Å². The van der Waals surface area contributed by atoms with Crippen LogP contribution in [-0.4, -0.2) is 29.4 Å². The summed E-state index contributed by atoms with van der Waals surface area (Å²) in [5.41, 5.74) is 3.05. The number of hydrogen-bond acceptors (Lipinski definition) is 5. The van der Waals surface area contributed by atoms with Crippen molar-refractivity contribution in [1.29, 1.82) is 0 Å². The molecule has 4 rings (SSSR count). The van der Waals surface area contributed by atoms with Crippen molar-refractivity contribution < 1.29 is 33.6 Å². The molecule has 0 aliphatic heterocycles. The van der Waals surface area contributed by atoms with Crippen molar-refractivity contribution in [1.82, 2.24) is 0 Å². The molecule has 0 unspecified atom stereocenters. The number of aromatic carboxylic acids is 1. The molecule has 0 radical (unpaired) electrons. The Morgan fingerprint density at radius 2 is 1.41 bits per heavy atom. The number of aromatic hydroxyl groups is 1. The van der Waals surface area contributed by atoms with Crippen LogP contribution in [0.15, 0.2) is 78.9 Å². The molecule has 4 aromatic rings. The van der Waals surface area contributed by atoms with Crippen LogP contribution in [-0.2, 0) is 12.8 Å². The number of unbranched alkanes of at least 4 members (excludes halogenated alkanes) is 1. The number of hydrogen-bond donors (Lipinski definition) is 2. The lowest BCUT2D eigenvalue weighted by Gasteiger charge is -2.17. The first-order valence-electron chi connectivity index (χ1n) is 13.9. The predicted octanol–water partition coefficient (Wildman–Crippen LogP) is 8.44. The van der Waals surface area contributed by atoms with Crippen LogP contribution in [0.5, 0.6) is 28.7 Å². The average molecular weight is 559 g/mol. The number of halogens is 1. The van der Waals surface area contributed by atoms with Crippen molar-refractivity contribution in [2.75, 3.05) is 13.2 Å². The van der Waals surface area contributed by atoms with Crippen molar-refractivity contribution in [2.45, 2.75) is 46.0 Å². The van der Waals surface area contributed by atoms with E-state index < -0.39 is 5.97 Å². The summed E-state index contributed by atoms with van der Waals surface area (Å²) in [7, 11) is 0. The molecule has 2 N–H and O–H groups in total. The van der Waals surface area contributed by atoms with Gasteiger partial charge < -0.3 is 24.4 Å². The van der Waals surface area contributed by atoms with Crippen LogP contribution >= 0.6 is 0 Å². The number of phenolic OH excluding ortho intramolecular Hbond substituents is 1. The monoisotopic (exact) mass is 558 g/mol. The number of benzene rings is 4. The summed E-state index contributed by atoms with van der Waals surface area (Å²) in [5, 5.41) is 20.4. The molecule has 7 heteroatoms. The molecule has 0 fully saturated rings. The van der Waals surface area contributed by atoms with Gasteiger partial charge in [-0.1, -0.05) is 50.6 Å². The van der Waals surface area contributed by atoms with Gasteiger partial charge in [0.2, 0.25) is 0 Å². The van der Waals surface area contributed by atoms with Crippen LogP contribution in [0.2, 0.25) is 0 Å². The second-order valence-electron chi connectivity index (χ2n) is 9.59. The zero-order valence-electron chi connectivity index (χ0n) is 23.4. The highest BCUT2D eigenvalue weighted by Gasteiger charge is 2.17. The molecule has 0 saturated heterocycles. The third kappa shape index (κ3) is 7.37. The van der Waals surface area contributed by atoms with Gasteiger partial charge in [-0.15, -0.1) is 0 Å². The Balaban J connectivity index is 1.41. The third-order valence-electron chi connectivity index (χ3n) is 6.76. The van der Waals surface area contributed by atoms with Crippen LogP contribution < -0.4 is 14.2 Å². The van der Waals surface area contributed by atoms with Crippen LogP contribution in [0, 0.1) is 5.82 Å². The van der Waals surface area contributed by atoms with E-state index in [2.05, 4.69) is 6.92 Å². The van der Waals surface area contributed by atoms with E-state index in [0.717, 1.165) is 30.4 Å². The molecule has 4 aromatic carbocycles. The van der Waals surface area contributed by atoms with Crippen molar-refractivity contribution in [3.63, 3.8) is 0 Å². The SMILES string of the molecule is CCCCc1c(OCCCOc2ccc(-c3ccc(F)cc3)c(O)c2CC)cccc1Oc1ccccc1C(=O)O. The molecule has 214 valence electrons. The fourth-order valence-corrected chi connectivity index (χ4v) is 4.61. The standard InChI is InChI=1S/C34H35FO6/c1-3-5-10-27-29(13-8-14-31(27)41-32-12-7-6-11-28(32)34(37)38)39-21-9-22-40-30-20-19-26(33(36)25(30)4-2)23-15-17-24(35)18-16-23/h6-8,11-20,36H,3-5,9-10,21-22H2,1-2H3,(H,37,38). The molecular weight excluding hydrogens is 523 g/mol. The number of phenols is 1. The Bertz CT molecular complexity index is 1470. The maximum atomic E-state index is 13.3. The number of ether oxygens (including phenoxy) is 3. The van der Waals surface area contributed by atoms with Gasteiger partial charge in [-0.2, -0.15) is 0 Å². The minimum Gasteiger partial charge on any atom is -0.507 e. The Labute approximate surface area is 240 Å². The number of rotatable bonds is 14. The summed E-state index contributed by atoms with van der Waals surface area (Å²) in [6.07, 6.45) is 3.82. The van der Waals surface area contributed by atoms with Crippen molar-refractivity contribution in [2.24, 2.45) is 0 Å². The van der Waals surface area contributed by atoms with Crippen molar-refractivity contribution in [3.05, 3.63) is 101 Å². The van der Waals surface area contributed by atoms with Gasteiger partial charge in [0.15, 0.2) is 0 Å². The average Bonchev–Trinajstić information content (AvgIpc) is 2.97. The highest BCUT2D eigenvalue weighted by molar-refractivity contribution is 5.91. The summed E-state index contributed by atoms with van der Waals surface area (Å²) in [4.78, 5) is 11.7. The van der Waals surface area contributed by atoms with E-state index in [1.54, 1.807) is 36.4 Å². The van der Waals surface area contributed by atoms with E-state index in [4.69, 9.17) is 14.2 Å². The largest absolute Gasteiger partial charge is 0.507 e. The van der Waals surface area contributed by atoms with E-state index in [1.165, 1.54) is 18.2 Å². The molecule has 0 saturated carbocycles. The van der Waals surface area contributed by atoms with Crippen molar-refractivity contribution in [3.8, 4) is 39.9 Å². The maximum absolute atomic E-state index is 13.3. The summed E-state index contributed by atoms with van der Waals surface area (Å²) in [6, 6.07) is 21.8. The van der Waals surface area contributed by atoms with Gasteiger partial charge in [0, 0.05) is 23.1 Å². The lowest BCUT2D eigenvalue weighted by molar-refractivity contribution is 0.0694. The normalized spacial score (nSPS) is 10.8. The molecule has 0 heterocycles. The number of carbonyl (C=O) groups is 1. The number of carboxylic acids is 1.